The number of fused-ring (bicyclic) bond motifs is 3. The first-order chi connectivity index (χ1) is 8.68. The summed E-state index contributed by atoms with van der Waals surface area (Å²) in [5, 5.41) is 2.55. The summed E-state index contributed by atoms with van der Waals surface area (Å²) in [5.41, 5.74) is 3.32. The van der Waals surface area contributed by atoms with Crippen LogP contribution in [0, 0.1) is 12.8 Å². The first-order valence-corrected chi connectivity index (χ1v) is 6.36. The molecule has 2 heterocycles. The molecule has 2 nitrogen and oxygen atoms in total. The van der Waals surface area contributed by atoms with Crippen molar-refractivity contribution >= 4 is 21.8 Å². The fourth-order valence-electron chi connectivity index (χ4n) is 2.63. The molecule has 0 fully saturated rings. The van der Waals surface area contributed by atoms with Crippen molar-refractivity contribution in [1.29, 1.82) is 0 Å². The smallest absolute Gasteiger partial charge is 0.0710 e. The van der Waals surface area contributed by atoms with Gasteiger partial charge in [0.2, 0.25) is 0 Å². The normalized spacial score (nSPS) is 11.8. The van der Waals surface area contributed by atoms with Crippen LogP contribution in [0.1, 0.15) is 19.5 Å². The first kappa shape index (κ1) is 11.3. The summed E-state index contributed by atoms with van der Waals surface area (Å²) in [6.07, 6.45) is 1.84. The van der Waals surface area contributed by atoms with E-state index in [4.69, 9.17) is 0 Å². The summed E-state index contributed by atoms with van der Waals surface area (Å²) in [5.74, 6) is 0.601. The van der Waals surface area contributed by atoms with Gasteiger partial charge < -0.3 is 4.57 Å². The lowest BCUT2D eigenvalue weighted by Gasteiger charge is -2.11. The van der Waals surface area contributed by atoms with Crippen LogP contribution < -0.4 is 0 Å². The van der Waals surface area contributed by atoms with Crippen molar-refractivity contribution in [2.24, 2.45) is 5.92 Å². The highest BCUT2D eigenvalue weighted by Crippen LogP contribution is 2.30. The molecule has 0 unspecified atom stereocenters. The van der Waals surface area contributed by atoms with Crippen LogP contribution >= 0.6 is 0 Å². The van der Waals surface area contributed by atoms with Crippen LogP contribution in [0.4, 0.5) is 0 Å². The minimum atomic E-state index is 0.601. The van der Waals surface area contributed by atoms with E-state index in [1.165, 1.54) is 21.8 Å². The average molecular weight is 237 g/mol. The van der Waals surface area contributed by atoms with E-state index in [0.29, 0.717) is 5.92 Å². The Bertz CT molecular complexity index is 708. The first-order valence-electron chi connectivity index (χ1n) is 6.36. The number of rotatable bonds is 2. The fraction of sp³-hybridized carbons (Fsp3) is 0.250. The van der Waals surface area contributed by atoms with Gasteiger partial charge in [0.15, 0.2) is 0 Å². The standard InChI is InChI=1S/C16H17N2/c1-11(2)10-18-15-7-5-4-6-13(15)14-8-9-17-12(3)16(14)18/h4-9,11H,3,10H2,1-2H3. The third-order valence-corrected chi connectivity index (χ3v) is 3.30. The lowest BCUT2D eigenvalue weighted by atomic mass is 10.2. The van der Waals surface area contributed by atoms with Crippen molar-refractivity contribution in [1.82, 2.24) is 9.55 Å². The second-order valence-corrected chi connectivity index (χ2v) is 5.18. The van der Waals surface area contributed by atoms with E-state index in [-0.39, 0.29) is 0 Å². The molecule has 1 radical (unpaired) electrons. The summed E-state index contributed by atoms with van der Waals surface area (Å²) in [7, 11) is 0. The Morgan fingerprint density at radius 1 is 1.17 bits per heavy atom. The molecular weight excluding hydrogens is 220 g/mol. The van der Waals surface area contributed by atoms with Crippen molar-refractivity contribution in [3.63, 3.8) is 0 Å². The number of hydrogen-bond acceptors (Lipinski definition) is 1. The van der Waals surface area contributed by atoms with Gasteiger partial charge in [-0.05, 0) is 25.0 Å². The molecule has 1 aromatic carbocycles. The van der Waals surface area contributed by atoms with E-state index in [1.54, 1.807) is 0 Å². The number of nitrogens with zero attached hydrogens (tertiary/aromatic N) is 2. The minimum Gasteiger partial charge on any atom is -0.339 e. The van der Waals surface area contributed by atoms with E-state index < -0.39 is 0 Å². The molecule has 18 heavy (non-hydrogen) atoms. The molecule has 0 spiro atoms. The maximum absolute atomic E-state index is 4.34. The van der Waals surface area contributed by atoms with Crippen LogP contribution in [-0.4, -0.2) is 9.55 Å². The molecule has 0 N–H and O–H groups in total. The third kappa shape index (κ3) is 1.60. The molecule has 2 heteroatoms. The highest BCUT2D eigenvalue weighted by Gasteiger charge is 2.12. The zero-order chi connectivity index (χ0) is 12.7. The molecule has 0 saturated carbocycles. The largest absolute Gasteiger partial charge is 0.339 e. The van der Waals surface area contributed by atoms with Crippen molar-refractivity contribution < 1.29 is 0 Å². The molecule has 91 valence electrons. The molecular formula is C16H17N2. The van der Waals surface area contributed by atoms with Gasteiger partial charge in [0, 0.05) is 29.0 Å². The van der Waals surface area contributed by atoms with E-state index in [2.05, 4.69) is 60.7 Å². The molecule has 0 saturated heterocycles. The predicted octanol–water partition coefficient (Wildman–Crippen LogP) is 4.03. The van der Waals surface area contributed by atoms with Crippen LogP contribution in [-0.2, 0) is 6.54 Å². The van der Waals surface area contributed by atoms with Gasteiger partial charge in [-0.3, -0.25) is 4.98 Å². The SMILES string of the molecule is [CH2]c1nccc2c3ccccc3n(CC(C)C)c12. The molecule has 0 amide bonds. The Hall–Kier alpha value is -1.83. The van der Waals surface area contributed by atoms with Crippen LogP contribution in [0.25, 0.3) is 21.8 Å². The van der Waals surface area contributed by atoms with Crippen molar-refractivity contribution in [3.05, 3.63) is 49.1 Å². The molecule has 3 aromatic rings. The van der Waals surface area contributed by atoms with Gasteiger partial charge in [-0.2, -0.15) is 0 Å². The average Bonchev–Trinajstić information content (AvgIpc) is 2.66. The molecule has 0 aliphatic rings. The lowest BCUT2D eigenvalue weighted by molar-refractivity contribution is 0.545. The van der Waals surface area contributed by atoms with Gasteiger partial charge in [0.1, 0.15) is 0 Å². The molecule has 0 bridgehead atoms. The van der Waals surface area contributed by atoms with E-state index in [9.17, 15) is 0 Å². The number of para-hydroxylation sites is 1. The third-order valence-electron chi connectivity index (χ3n) is 3.30. The topological polar surface area (TPSA) is 17.8 Å². The van der Waals surface area contributed by atoms with Gasteiger partial charge in [-0.25, -0.2) is 0 Å². The lowest BCUT2D eigenvalue weighted by Crippen LogP contribution is -2.05. The second-order valence-electron chi connectivity index (χ2n) is 5.18. The molecule has 0 aliphatic carbocycles. The Kier molecular flexibility index (Phi) is 2.58. The zero-order valence-electron chi connectivity index (χ0n) is 10.9. The Balaban J connectivity index is 2.47. The summed E-state index contributed by atoms with van der Waals surface area (Å²) in [4.78, 5) is 4.34. The van der Waals surface area contributed by atoms with Gasteiger partial charge >= 0.3 is 0 Å². The summed E-state index contributed by atoms with van der Waals surface area (Å²) < 4.78 is 2.35. The second kappa shape index (κ2) is 4.13. The molecule has 0 atom stereocenters. The van der Waals surface area contributed by atoms with Crippen LogP contribution in [0.3, 0.4) is 0 Å². The van der Waals surface area contributed by atoms with Gasteiger partial charge in [0.05, 0.1) is 11.2 Å². The number of benzene rings is 1. The Morgan fingerprint density at radius 2 is 1.94 bits per heavy atom. The monoisotopic (exact) mass is 237 g/mol. The van der Waals surface area contributed by atoms with Crippen molar-refractivity contribution in [3.8, 4) is 0 Å². The van der Waals surface area contributed by atoms with Crippen molar-refractivity contribution in [2.75, 3.05) is 0 Å². The maximum atomic E-state index is 4.34. The fourth-order valence-corrected chi connectivity index (χ4v) is 2.63. The Morgan fingerprint density at radius 3 is 2.72 bits per heavy atom. The van der Waals surface area contributed by atoms with Crippen LogP contribution in [0.2, 0.25) is 0 Å². The van der Waals surface area contributed by atoms with Gasteiger partial charge in [-0.1, -0.05) is 32.0 Å². The van der Waals surface area contributed by atoms with E-state index in [0.717, 1.165) is 12.2 Å². The van der Waals surface area contributed by atoms with Gasteiger partial charge in [-0.15, -0.1) is 0 Å². The maximum Gasteiger partial charge on any atom is 0.0710 e. The van der Waals surface area contributed by atoms with E-state index >= 15 is 0 Å². The highest BCUT2D eigenvalue weighted by molar-refractivity contribution is 6.08. The highest BCUT2D eigenvalue weighted by atomic mass is 15.0. The molecule has 3 rings (SSSR count). The number of pyridine rings is 1. The summed E-state index contributed by atoms with van der Waals surface area (Å²) in [6.45, 7) is 9.55. The summed E-state index contributed by atoms with van der Waals surface area (Å²) in [6, 6.07) is 10.6. The molecule has 2 aromatic heterocycles. The van der Waals surface area contributed by atoms with Gasteiger partial charge in [0.25, 0.3) is 0 Å². The Labute approximate surface area is 107 Å². The quantitative estimate of drug-likeness (QED) is 0.658. The summed E-state index contributed by atoms with van der Waals surface area (Å²) >= 11 is 0. The predicted molar refractivity (Wildman–Crippen MR) is 76.5 cm³/mol. The van der Waals surface area contributed by atoms with E-state index in [1.807, 2.05) is 6.20 Å². The number of aromatic nitrogens is 2. The molecule has 0 aliphatic heterocycles. The van der Waals surface area contributed by atoms with Crippen LogP contribution in [0.5, 0.6) is 0 Å². The number of hydrogen-bond donors (Lipinski definition) is 0. The van der Waals surface area contributed by atoms with Crippen molar-refractivity contribution in [2.45, 2.75) is 20.4 Å². The zero-order valence-corrected chi connectivity index (χ0v) is 10.9. The van der Waals surface area contributed by atoms with Crippen LogP contribution in [0.15, 0.2) is 36.5 Å². The minimum absolute atomic E-state index is 0.601.